The van der Waals surface area contributed by atoms with Crippen molar-refractivity contribution in [1.29, 1.82) is 0 Å². The zero-order valence-corrected chi connectivity index (χ0v) is 12.6. The molecule has 0 saturated carbocycles. The van der Waals surface area contributed by atoms with Crippen molar-refractivity contribution in [2.75, 3.05) is 6.61 Å². The van der Waals surface area contributed by atoms with Gasteiger partial charge in [0.1, 0.15) is 5.75 Å². The third-order valence-corrected chi connectivity index (χ3v) is 3.02. The van der Waals surface area contributed by atoms with E-state index in [0.29, 0.717) is 23.5 Å². The number of hydrogen-bond acceptors (Lipinski definition) is 4. The number of hydrogen-bond donors (Lipinski definition) is 1. The number of amides is 1. The van der Waals surface area contributed by atoms with Crippen molar-refractivity contribution in [1.82, 2.24) is 5.32 Å². The van der Waals surface area contributed by atoms with Crippen LogP contribution < -0.4 is 15.2 Å². The molecule has 0 heterocycles. The van der Waals surface area contributed by atoms with Crippen molar-refractivity contribution in [2.45, 2.75) is 6.92 Å². The normalized spacial score (nSPS) is 10.9. The van der Waals surface area contributed by atoms with Gasteiger partial charge < -0.3 is 20.0 Å². The standard InChI is InChI=1S/C18H17NO4/c1-2-23-16-11-7-6-10-14(16)12-15(18(21)22)19-17(20)13-8-4-3-5-9-13/h3-12H,2H2,1H3,(H,19,20)(H,21,22)/p-1/b15-12+. The lowest BCUT2D eigenvalue weighted by atomic mass is 10.1. The van der Waals surface area contributed by atoms with E-state index in [2.05, 4.69) is 5.32 Å². The van der Waals surface area contributed by atoms with Crippen molar-refractivity contribution >= 4 is 18.0 Å². The Labute approximate surface area is 134 Å². The Morgan fingerprint density at radius 3 is 2.39 bits per heavy atom. The van der Waals surface area contributed by atoms with Gasteiger partial charge in [-0.3, -0.25) is 4.79 Å². The van der Waals surface area contributed by atoms with Crippen LogP contribution in [0.1, 0.15) is 22.8 Å². The van der Waals surface area contributed by atoms with Crippen LogP contribution in [0.25, 0.3) is 6.08 Å². The fourth-order valence-electron chi connectivity index (χ4n) is 1.97. The number of ether oxygens (including phenoxy) is 1. The zero-order valence-electron chi connectivity index (χ0n) is 12.6. The number of benzene rings is 2. The summed E-state index contributed by atoms with van der Waals surface area (Å²) in [6.07, 6.45) is 1.32. The van der Waals surface area contributed by atoms with E-state index in [0.717, 1.165) is 0 Å². The van der Waals surface area contributed by atoms with Crippen LogP contribution in [0, 0.1) is 0 Å². The molecule has 118 valence electrons. The summed E-state index contributed by atoms with van der Waals surface area (Å²) in [6, 6.07) is 15.3. The van der Waals surface area contributed by atoms with Crippen LogP contribution in [0.5, 0.6) is 5.75 Å². The molecule has 0 radical (unpaired) electrons. The number of nitrogens with one attached hydrogen (secondary N) is 1. The minimum Gasteiger partial charge on any atom is -0.543 e. The fourth-order valence-corrected chi connectivity index (χ4v) is 1.97. The molecule has 2 aromatic carbocycles. The molecule has 0 aliphatic rings. The van der Waals surface area contributed by atoms with Gasteiger partial charge in [-0.25, -0.2) is 0 Å². The van der Waals surface area contributed by atoms with E-state index in [-0.39, 0.29) is 5.70 Å². The second kappa shape index (κ2) is 7.79. The number of carboxylic acid groups (broad SMARTS) is 1. The topological polar surface area (TPSA) is 78.5 Å². The third-order valence-electron chi connectivity index (χ3n) is 3.02. The predicted molar refractivity (Wildman–Crippen MR) is 84.5 cm³/mol. The summed E-state index contributed by atoms with van der Waals surface area (Å²) < 4.78 is 5.44. The molecule has 0 spiro atoms. The summed E-state index contributed by atoms with van der Waals surface area (Å²) in [5, 5.41) is 13.7. The summed E-state index contributed by atoms with van der Waals surface area (Å²) in [7, 11) is 0. The Hall–Kier alpha value is -3.08. The molecule has 0 aliphatic heterocycles. The van der Waals surface area contributed by atoms with Crippen LogP contribution in [0.2, 0.25) is 0 Å². The van der Waals surface area contributed by atoms with Crippen molar-refractivity contribution < 1.29 is 19.4 Å². The van der Waals surface area contributed by atoms with Crippen molar-refractivity contribution in [2.24, 2.45) is 0 Å². The van der Waals surface area contributed by atoms with E-state index in [4.69, 9.17) is 4.74 Å². The van der Waals surface area contributed by atoms with Gasteiger partial charge in [-0.15, -0.1) is 0 Å². The number of aliphatic carboxylic acids is 1. The largest absolute Gasteiger partial charge is 0.543 e. The highest BCUT2D eigenvalue weighted by atomic mass is 16.5. The van der Waals surface area contributed by atoms with Crippen LogP contribution in [0.4, 0.5) is 0 Å². The maximum Gasteiger partial charge on any atom is 0.255 e. The molecule has 0 unspecified atom stereocenters. The van der Waals surface area contributed by atoms with Crippen molar-refractivity contribution in [3.05, 3.63) is 71.4 Å². The van der Waals surface area contributed by atoms with Gasteiger partial charge in [0.05, 0.1) is 18.3 Å². The van der Waals surface area contributed by atoms with E-state index in [1.165, 1.54) is 6.08 Å². The highest BCUT2D eigenvalue weighted by Crippen LogP contribution is 2.20. The minimum atomic E-state index is -1.47. The van der Waals surface area contributed by atoms with Gasteiger partial charge in [0.25, 0.3) is 5.91 Å². The zero-order chi connectivity index (χ0) is 16.7. The lowest BCUT2D eigenvalue weighted by molar-refractivity contribution is -0.299. The second-order valence-corrected chi connectivity index (χ2v) is 4.64. The summed E-state index contributed by atoms with van der Waals surface area (Å²) >= 11 is 0. The van der Waals surface area contributed by atoms with Crippen LogP contribution >= 0.6 is 0 Å². The Balaban J connectivity index is 2.28. The first-order chi connectivity index (χ1) is 11.1. The molecule has 2 rings (SSSR count). The van der Waals surface area contributed by atoms with Crippen LogP contribution in [0.3, 0.4) is 0 Å². The molecular formula is C18H16NO4-. The number of para-hydroxylation sites is 1. The molecule has 0 aromatic heterocycles. The number of carboxylic acids is 1. The molecule has 0 bridgehead atoms. The molecular weight excluding hydrogens is 294 g/mol. The van der Waals surface area contributed by atoms with Gasteiger partial charge in [0.15, 0.2) is 0 Å². The average molecular weight is 310 g/mol. The van der Waals surface area contributed by atoms with Gasteiger partial charge in [-0.05, 0) is 31.2 Å². The number of rotatable bonds is 6. The average Bonchev–Trinajstić information content (AvgIpc) is 2.56. The van der Waals surface area contributed by atoms with Crippen molar-refractivity contribution in [3.63, 3.8) is 0 Å². The summed E-state index contributed by atoms with van der Waals surface area (Å²) in [5.74, 6) is -1.46. The lowest BCUT2D eigenvalue weighted by Crippen LogP contribution is -2.35. The Bertz CT molecular complexity index is 723. The summed E-state index contributed by atoms with van der Waals surface area (Å²) in [6.45, 7) is 2.28. The van der Waals surface area contributed by atoms with E-state index in [9.17, 15) is 14.7 Å². The van der Waals surface area contributed by atoms with Gasteiger partial charge in [0, 0.05) is 11.1 Å². The monoisotopic (exact) mass is 310 g/mol. The molecule has 5 heteroatoms. The van der Waals surface area contributed by atoms with Crippen molar-refractivity contribution in [3.8, 4) is 5.75 Å². The molecule has 0 atom stereocenters. The maximum absolute atomic E-state index is 12.1. The summed E-state index contributed by atoms with van der Waals surface area (Å²) in [5.41, 5.74) is 0.575. The molecule has 0 fully saturated rings. The van der Waals surface area contributed by atoms with Crippen LogP contribution in [0.15, 0.2) is 60.3 Å². The van der Waals surface area contributed by atoms with E-state index in [1.54, 1.807) is 54.6 Å². The molecule has 0 saturated heterocycles. The van der Waals surface area contributed by atoms with E-state index in [1.807, 2.05) is 6.92 Å². The maximum atomic E-state index is 12.1. The molecule has 23 heavy (non-hydrogen) atoms. The fraction of sp³-hybridized carbons (Fsp3) is 0.111. The molecule has 1 amide bonds. The quantitative estimate of drug-likeness (QED) is 0.822. The highest BCUT2D eigenvalue weighted by Gasteiger charge is 2.09. The predicted octanol–water partition coefficient (Wildman–Crippen LogP) is 1.61. The first-order valence-corrected chi connectivity index (χ1v) is 7.13. The molecule has 5 nitrogen and oxygen atoms in total. The minimum absolute atomic E-state index is 0.328. The van der Waals surface area contributed by atoms with E-state index >= 15 is 0 Å². The van der Waals surface area contributed by atoms with Gasteiger partial charge in [-0.1, -0.05) is 36.4 Å². The SMILES string of the molecule is CCOc1ccccc1/C=C(/NC(=O)c1ccccc1)C(=O)[O-]. The Morgan fingerprint density at radius 1 is 1.09 bits per heavy atom. The first kappa shape index (κ1) is 16.3. The van der Waals surface area contributed by atoms with Crippen LogP contribution in [-0.2, 0) is 4.79 Å². The molecule has 0 aliphatic carbocycles. The van der Waals surface area contributed by atoms with E-state index < -0.39 is 11.9 Å². The lowest BCUT2D eigenvalue weighted by Gasteiger charge is -2.13. The number of carbonyl (C=O) groups excluding carboxylic acids is 2. The van der Waals surface area contributed by atoms with Gasteiger partial charge >= 0.3 is 0 Å². The first-order valence-electron chi connectivity index (χ1n) is 7.13. The highest BCUT2D eigenvalue weighted by molar-refractivity contribution is 6.02. The summed E-state index contributed by atoms with van der Waals surface area (Å²) in [4.78, 5) is 23.4. The van der Waals surface area contributed by atoms with Gasteiger partial charge in [-0.2, -0.15) is 0 Å². The Morgan fingerprint density at radius 2 is 1.74 bits per heavy atom. The second-order valence-electron chi connectivity index (χ2n) is 4.64. The van der Waals surface area contributed by atoms with Crippen LogP contribution in [-0.4, -0.2) is 18.5 Å². The Kier molecular flexibility index (Phi) is 5.52. The third kappa shape index (κ3) is 4.44. The smallest absolute Gasteiger partial charge is 0.255 e. The van der Waals surface area contributed by atoms with Gasteiger partial charge in [0.2, 0.25) is 0 Å². The molecule has 2 aromatic rings. The molecule has 1 N–H and O–H groups in total. The number of carbonyl (C=O) groups is 2.